The van der Waals surface area contributed by atoms with Crippen LogP contribution in [0.1, 0.15) is 83.5 Å². The number of hydrogen-bond acceptors (Lipinski definition) is 4. The first-order valence-corrected chi connectivity index (χ1v) is 9.58. The maximum atomic E-state index is 13.2. The van der Waals surface area contributed by atoms with E-state index < -0.39 is 5.97 Å². The van der Waals surface area contributed by atoms with E-state index in [2.05, 4.69) is 13.8 Å². The number of carboxylic acid groups (broad SMARTS) is 1. The Morgan fingerprint density at radius 3 is 2.03 bits per heavy atom. The van der Waals surface area contributed by atoms with Gasteiger partial charge in [-0.15, -0.1) is 0 Å². The van der Waals surface area contributed by atoms with Gasteiger partial charge in [0.2, 0.25) is 0 Å². The summed E-state index contributed by atoms with van der Waals surface area (Å²) in [6, 6.07) is 7.44. The maximum absolute atomic E-state index is 13.2. The number of nitrogens with zero attached hydrogens (tertiary/aromatic N) is 1. The lowest BCUT2D eigenvalue weighted by Gasteiger charge is -2.41. The zero-order valence-corrected chi connectivity index (χ0v) is 17.3. The van der Waals surface area contributed by atoms with E-state index in [4.69, 9.17) is 5.11 Å². The second-order valence-corrected chi connectivity index (χ2v) is 9.06. The number of carbonyl (C=O) groups is 2. The number of nitro groups is 1. The van der Waals surface area contributed by atoms with Crippen LogP contribution in [0.4, 0.5) is 5.69 Å². The highest BCUT2D eigenvalue weighted by Gasteiger charge is 2.43. The van der Waals surface area contributed by atoms with Gasteiger partial charge in [0.25, 0.3) is 5.69 Å². The van der Waals surface area contributed by atoms with E-state index in [0.29, 0.717) is 22.3 Å². The minimum absolute atomic E-state index is 0.0192. The van der Waals surface area contributed by atoms with E-state index >= 15 is 0 Å². The maximum Gasteiger partial charge on any atom is 0.335 e. The lowest BCUT2D eigenvalue weighted by molar-refractivity contribution is -0.386. The van der Waals surface area contributed by atoms with Crippen molar-refractivity contribution in [2.75, 3.05) is 0 Å². The molecule has 0 radical (unpaired) electrons. The number of carboxylic acids is 1. The Labute approximate surface area is 169 Å². The number of ketones is 1. The summed E-state index contributed by atoms with van der Waals surface area (Å²) < 4.78 is 0. The minimum atomic E-state index is -1.08. The fourth-order valence-electron chi connectivity index (χ4n) is 4.25. The molecule has 0 aromatic heterocycles. The van der Waals surface area contributed by atoms with Gasteiger partial charge in [-0.1, -0.05) is 39.8 Å². The van der Waals surface area contributed by atoms with Crippen LogP contribution in [0.15, 0.2) is 30.3 Å². The van der Waals surface area contributed by atoms with E-state index in [9.17, 15) is 19.7 Å². The predicted molar refractivity (Wildman–Crippen MR) is 110 cm³/mol. The summed E-state index contributed by atoms with van der Waals surface area (Å²) in [5.74, 6) is -1.42. The van der Waals surface area contributed by atoms with Crippen molar-refractivity contribution in [1.29, 1.82) is 0 Å². The molecule has 29 heavy (non-hydrogen) atoms. The molecule has 0 saturated heterocycles. The smallest absolute Gasteiger partial charge is 0.335 e. The summed E-state index contributed by atoms with van der Waals surface area (Å²) in [5.41, 5.74) is 1.97. The third-order valence-corrected chi connectivity index (χ3v) is 6.16. The van der Waals surface area contributed by atoms with Crippen LogP contribution < -0.4 is 0 Å². The van der Waals surface area contributed by atoms with Crippen LogP contribution in [-0.2, 0) is 10.8 Å². The van der Waals surface area contributed by atoms with Crippen molar-refractivity contribution in [2.24, 2.45) is 0 Å². The van der Waals surface area contributed by atoms with Gasteiger partial charge in [0, 0.05) is 22.3 Å². The Bertz CT molecular complexity index is 1030. The summed E-state index contributed by atoms with van der Waals surface area (Å²) in [6.07, 6.45) is 1.70. The summed E-state index contributed by atoms with van der Waals surface area (Å²) in [6.45, 7) is 9.75. The molecule has 0 fully saturated rings. The molecule has 0 aliphatic heterocycles. The molecule has 2 aromatic carbocycles. The normalized spacial score (nSPS) is 16.7. The van der Waals surface area contributed by atoms with Crippen LogP contribution in [0.3, 0.4) is 0 Å². The SMILES string of the molecule is Cc1c(C(=O)c2ccc(C(=O)O)cc2)cc2c(c1[N+](=O)[O-])C(C)(C)CCC2(C)C. The van der Waals surface area contributed by atoms with E-state index in [1.54, 1.807) is 6.92 Å². The molecule has 3 rings (SSSR count). The lowest BCUT2D eigenvalue weighted by atomic mass is 9.61. The van der Waals surface area contributed by atoms with Crippen LogP contribution in [0.2, 0.25) is 0 Å². The third-order valence-electron chi connectivity index (χ3n) is 6.16. The van der Waals surface area contributed by atoms with Crippen molar-refractivity contribution in [3.8, 4) is 0 Å². The molecule has 0 saturated carbocycles. The van der Waals surface area contributed by atoms with Crippen molar-refractivity contribution in [1.82, 2.24) is 0 Å². The predicted octanol–water partition coefficient (Wildman–Crippen LogP) is 5.18. The average Bonchev–Trinajstić information content (AvgIpc) is 2.64. The van der Waals surface area contributed by atoms with Crippen LogP contribution in [0, 0.1) is 17.0 Å². The molecule has 1 aliphatic rings. The number of hydrogen-bond donors (Lipinski definition) is 1. The quantitative estimate of drug-likeness (QED) is 0.437. The van der Waals surface area contributed by atoms with Crippen LogP contribution >= 0.6 is 0 Å². The van der Waals surface area contributed by atoms with Gasteiger partial charge in [-0.25, -0.2) is 4.79 Å². The van der Waals surface area contributed by atoms with E-state index in [-0.39, 0.29) is 32.8 Å². The molecule has 0 bridgehead atoms. The zero-order valence-electron chi connectivity index (χ0n) is 17.3. The number of benzene rings is 2. The first-order chi connectivity index (χ1) is 13.4. The Kier molecular flexibility index (Phi) is 4.85. The molecular formula is C23H25NO5. The molecule has 0 spiro atoms. The van der Waals surface area contributed by atoms with Gasteiger partial charge in [-0.2, -0.15) is 0 Å². The van der Waals surface area contributed by atoms with E-state index in [1.165, 1.54) is 24.3 Å². The van der Waals surface area contributed by atoms with Crippen molar-refractivity contribution in [3.05, 3.63) is 73.8 Å². The lowest BCUT2D eigenvalue weighted by Crippen LogP contribution is -2.35. The minimum Gasteiger partial charge on any atom is -0.478 e. The molecule has 1 N–H and O–H groups in total. The van der Waals surface area contributed by atoms with Gasteiger partial charge in [0.15, 0.2) is 5.78 Å². The molecule has 2 aromatic rings. The fraction of sp³-hybridized carbons (Fsp3) is 0.391. The molecule has 152 valence electrons. The third kappa shape index (κ3) is 3.43. The highest BCUT2D eigenvalue weighted by molar-refractivity contribution is 6.11. The molecule has 0 unspecified atom stereocenters. The number of nitro benzene ring substituents is 1. The second-order valence-electron chi connectivity index (χ2n) is 9.06. The Balaban J connectivity index is 2.26. The number of fused-ring (bicyclic) bond motifs is 1. The largest absolute Gasteiger partial charge is 0.478 e. The van der Waals surface area contributed by atoms with Crippen LogP contribution in [-0.4, -0.2) is 21.8 Å². The van der Waals surface area contributed by atoms with Crippen LogP contribution in [0.25, 0.3) is 0 Å². The summed E-state index contributed by atoms with van der Waals surface area (Å²) >= 11 is 0. The van der Waals surface area contributed by atoms with Gasteiger partial charge >= 0.3 is 5.97 Å². The first-order valence-electron chi connectivity index (χ1n) is 9.58. The van der Waals surface area contributed by atoms with Gasteiger partial charge in [-0.3, -0.25) is 14.9 Å². The van der Waals surface area contributed by atoms with Gasteiger partial charge in [0.1, 0.15) is 0 Å². The second kappa shape index (κ2) is 6.79. The average molecular weight is 395 g/mol. The Morgan fingerprint density at radius 2 is 1.52 bits per heavy atom. The Hall–Kier alpha value is -3.02. The molecular weight excluding hydrogens is 370 g/mol. The zero-order chi connectivity index (χ0) is 21.7. The van der Waals surface area contributed by atoms with Gasteiger partial charge in [-0.05, 0) is 54.4 Å². The molecule has 0 atom stereocenters. The summed E-state index contributed by atoms with van der Waals surface area (Å²) in [5, 5.41) is 21.1. The monoisotopic (exact) mass is 395 g/mol. The van der Waals surface area contributed by atoms with Crippen molar-refractivity contribution in [2.45, 2.75) is 58.3 Å². The standard InChI is InChI=1S/C23H25NO5/c1-13-16(20(25)14-6-8-15(9-7-14)21(26)27)12-17-18(19(13)24(28)29)23(4,5)11-10-22(17,2)3/h6-9,12H,10-11H2,1-5H3,(H,26,27). The van der Waals surface area contributed by atoms with E-state index in [1.807, 2.05) is 19.9 Å². The fourth-order valence-corrected chi connectivity index (χ4v) is 4.25. The number of aromatic carboxylic acids is 1. The Morgan fingerprint density at radius 1 is 1.00 bits per heavy atom. The highest BCUT2D eigenvalue weighted by atomic mass is 16.6. The van der Waals surface area contributed by atoms with Gasteiger partial charge in [0.05, 0.1) is 10.5 Å². The summed E-state index contributed by atoms with van der Waals surface area (Å²) in [4.78, 5) is 35.9. The highest BCUT2D eigenvalue weighted by Crippen LogP contribution is 2.51. The van der Waals surface area contributed by atoms with Crippen molar-refractivity contribution < 1.29 is 19.6 Å². The number of carbonyl (C=O) groups excluding carboxylic acids is 1. The van der Waals surface area contributed by atoms with Crippen molar-refractivity contribution >= 4 is 17.4 Å². The molecule has 1 aliphatic carbocycles. The molecule has 6 nitrogen and oxygen atoms in total. The van der Waals surface area contributed by atoms with Crippen LogP contribution in [0.5, 0.6) is 0 Å². The summed E-state index contributed by atoms with van der Waals surface area (Å²) in [7, 11) is 0. The number of rotatable bonds is 4. The molecule has 6 heteroatoms. The van der Waals surface area contributed by atoms with Gasteiger partial charge < -0.3 is 5.11 Å². The first kappa shape index (κ1) is 20.7. The molecule has 0 heterocycles. The molecule has 0 amide bonds. The van der Waals surface area contributed by atoms with E-state index in [0.717, 1.165) is 18.4 Å². The topological polar surface area (TPSA) is 97.5 Å². The van der Waals surface area contributed by atoms with Crippen molar-refractivity contribution in [3.63, 3.8) is 0 Å².